The molecule has 1 aromatic rings. The van der Waals surface area contributed by atoms with Crippen molar-refractivity contribution in [3.63, 3.8) is 0 Å². The molecule has 1 aromatic carbocycles. The van der Waals surface area contributed by atoms with Crippen molar-refractivity contribution in [2.45, 2.75) is 37.0 Å². The largest absolute Gasteiger partial charge is 0.491 e. The molecule has 2 aliphatic heterocycles. The van der Waals surface area contributed by atoms with Crippen LogP contribution in [0.5, 0.6) is 5.75 Å². The third-order valence-electron chi connectivity index (χ3n) is 4.97. The molecule has 0 amide bonds. The van der Waals surface area contributed by atoms with Crippen LogP contribution in [0, 0.1) is 5.92 Å². The summed E-state index contributed by atoms with van der Waals surface area (Å²) >= 11 is 0. The summed E-state index contributed by atoms with van der Waals surface area (Å²) in [6, 6.07) is 5.92. The van der Waals surface area contributed by atoms with E-state index in [1.807, 2.05) is 4.90 Å². The predicted molar refractivity (Wildman–Crippen MR) is 101 cm³/mol. The zero-order chi connectivity index (χ0) is 25.7. The fourth-order valence-electron chi connectivity index (χ4n) is 3.28. The van der Waals surface area contributed by atoms with Gasteiger partial charge in [0, 0.05) is 19.5 Å². The Balaban J connectivity index is 0.000000509. The summed E-state index contributed by atoms with van der Waals surface area (Å²) in [5, 5.41) is 32.6. The van der Waals surface area contributed by atoms with E-state index in [4.69, 9.17) is 19.7 Å². The maximum Gasteiger partial charge on any atom is 0.490 e. The molecule has 2 atom stereocenters. The van der Waals surface area contributed by atoms with Gasteiger partial charge >= 0.3 is 24.3 Å². The van der Waals surface area contributed by atoms with E-state index in [1.165, 1.54) is 12.1 Å². The Morgan fingerprint density at radius 3 is 2.29 bits per heavy atom. The van der Waals surface area contributed by atoms with E-state index in [9.17, 15) is 36.2 Å². The summed E-state index contributed by atoms with van der Waals surface area (Å²) in [6.45, 7) is 1.25. The summed E-state index contributed by atoms with van der Waals surface area (Å²) in [7, 11) is 0. The molecule has 34 heavy (non-hydrogen) atoms. The second kappa shape index (κ2) is 10.5. The highest BCUT2D eigenvalue weighted by Gasteiger charge is 2.64. The number of aliphatic hydroxyl groups is 1. The number of ether oxygens (including phenoxy) is 1. The van der Waals surface area contributed by atoms with Gasteiger partial charge < -0.3 is 25.0 Å². The first kappa shape index (κ1) is 27.3. The maximum atomic E-state index is 12.9. The van der Waals surface area contributed by atoms with Crippen LogP contribution in [0.4, 0.5) is 26.3 Å². The number of benzene rings is 1. The number of aliphatic carboxylic acids is 1. The van der Waals surface area contributed by atoms with Gasteiger partial charge in [0.05, 0.1) is 5.56 Å². The minimum absolute atomic E-state index is 0.0403. The molecule has 3 rings (SSSR count). The van der Waals surface area contributed by atoms with Gasteiger partial charge in [0.2, 0.25) is 0 Å². The Labute approximate surface area is 188 Å². The van der Waals surface area contributed by atoms with Crippen LogP contribution >= 0.6 is 0 Å². The van der Waals surface area contributed by atoms with Crippen molar-refractivity contribution in [2.24, 2.45) is 16.1 Å². The number of aromatic carboxylic acids is 1. The van der Waals surface area contributed by atoms with Gasteiger partial charge in [-0.1, -0.05) is 6.07 Å². The van der Waals surface area contributed by atoms with Gasteiger partial charge in [0.1, 0.15) is 18.5 Å². The number of rotatable bonds is 8. The van der Waals surface area contributed by atoms with E-state index in [0.717, 1.165) is 0 Å². The number of alkyl halides is 6. The monoisotopic (exact) mass is 501 g/mol. The molecule has 9 nitrogen and oxygen atoms in total. The Bertz CT molecular complexity index is 901. The van der Waals surface area contributed by atoms with E-state index >= 15 is 0 Å². The van der Waals surface area contributed by atoms with Crippen LogP contribution < -0.4 is 4.74 Å². The predicted octanol–water partition coefficient (Wildman–Crippen LogP) is 3.19. The maximum absolute atomic E-state index is 12.9. The lowest BCUT2D eigenvalue weighted by atomic mass is 9.96. The molecule has 0 spiro atoms. The van der Waals surface area contributed by atoms with E-state index in [1.54, 1.807) is 12.1 Å². The molecule has 1 fully saturated rings. The topological polar surface area (TPSA) is 132 Å². The quantitative estimate of drug-likeness (QED) is 0.466. The third-order valence-corrected chi connectivity index (χ3v) is 4.97. The van der Waals surface area contributed by atoms with E-state index in [-0.39, 0.29) is 31.1 Å². The smallest absolute Gasteiger partial charge is 0.490 e. The fourth-order valence-corrected chi connectivity index (χ4v) is 3.28. The second-order valence-electron chi connectivity index (χ2n) is 7.73. The molecular weight excluding hydrogens is 480 g/mol. The summed E-state index contributed by atoms with van der Waals surface area (Å²) < 4.78 is 75.9. The van der Waals surface area contributed by atoms with Gasteiger partial charge in [0.25, 0.3) is 5.66 Å². The van der Waals surface area contributed by atoms with E-state index in [0.29, 0.717) is 25.3 Å². The first-order chi connectivity index (χ1) is 15.6. The summed E-state index contributed by atoms with van der Waals surface area (Å²) in [6.07, 6.45) is -9.93. The standard InChI is InChI=1S/C17H20F3N3O4.C2HF3O2/c18-17(19,20)16(21-22-16)7-11-4-5-23(8-11)9-13(24)10-27-14-3-1-2-12(6-14)15(25)26;3-2(4,5)1(6)7/h1-3,6,11,13,24H,4-5,7-10H2,(H,25,26);(H,6,7). The number of β-amino-alcohol motifs (C(OH)–C–C–N with tert-alkyl or cyclic N) is 1. The highest BCUT2D eigenvalue weighted by atomic mass is 19.4. The minimum atomic E-state index is -5.08. The van der Waals surface area contributed by atoms with Crippen molar-refractivity contribution in [1.29, 1.82) is 0 Å². The van der Waals surface area contributed by atoms with E-state index in [2.05, 4.69) is 10.2 Å². The number of carbonyl (C=O) groups is 2. The molecule has 2 heterocycles. The van der Waals surface area contributed by atoms with Crippen LogP contribution in [0.15, 0.2) is 34.5 Å². The second-order valence-corrected chi connectivity index (χ2v) is 7.73. The lowest BCUT2D eigenvalue weighted by molar-refractivity contribution is -0.192. The Morgan fingerprint density at radius 1 is 1.18 bits per heavy atom. The van der Waals surface area contributed by atoms with Crippen molar-refractivity contribution in [3.8, 4) is 5.75 Å². The molecule has 0 radical (unpaired) electrons. The molecule has 15 heteroatoms. The number of hydrogen-bond donors (Lipinski definition) is 3. The number of aliphatic hydroxyl groups excluding tert-OH is 1. The van der Waals surface area contributed by atoms with Crippen molar-refractivity contribution in [2.75, 3.05) is 26.2 Å². The first-order valence-corrected chi connectivity index (χ1v) is 9.80. The van der Waals surface area contributed by atoms with Crippen LogP contribution in [0.3, 0.4) is 0 Å². The molecule has 190 valence electrons. The Hall–Kier alpha value is -2.94. The number of halogens is 6. The van der Waals surface area contributed by atoms with Crippen molar-refractivity contribution < 1.29 is 56.0 Å². The molecule has 3 N–H and O–H groups in total. The van der Waals surface area contributed by atoms with Crippen molar-refractivity contribution in [1.82, 2.24) is 4.90 Å². The molecule has 0 bridgehead atoms. The summed E-state index contributed by atoms with van der Waals surface area (Å²) in [5.74, 6) is -3.68. The number of likely N-dealkylation sites (tertiary alicyclic amines) is 1. The van der Waals surface area contributed by atoms with Crippen LogP contribution in [0.1, 0.15) is 23.2 Å². The average Bonchev–Trinajstić information content (AvgIpc) is 3.39. The normalized spacial score (nSPS) is 20.3. The van der Waals surface area contributed by atoms with Crippen molar-refractivity contribution >= 4 is 11.9 Å². The lowest BCUT2D eigenvalue weighted by Gasteiger charge is -2.21. The molecule has 0 saturated carbocycles. The zero-order valence-electron chi connectivity index (χ0n) is 17.4. The number of carboxylic acids is 2. The molecular formula is C19H21F6N3O6. The van der Waals surface area contributed by atoms with E-state index < -0.39 is 36.1 Å². The van der Waals surface area contributed by atoms with Gasteiger partial charge in [-0.15, -0.1) is 10.2 Å². The lowest BCUT2D eigenvalue weighted by Crippen LogP contribution is -2.37. The Kier molecular flexibility index (Phi) is 8.47. The van der Waals surface area contributed by atoms with Crippen LogP contribution in [-0.4, -0.2) is 82.5 Å². The molecule has 0 aliphatic carbocycles. The minimum Gasteiger partial charge on any atom is -0.491 e. The van der Waals surface area contributed by atoms with Gasteiger partial charge in [-0.05, 0) is 37.1 Å². The molecule has 1 saturated heterocycles. The van der Waals surface area contributed by atoms with Gasteiger partial charge in [0.15, 0.2) is 0 Å². The number of carboxylic acid groups (broad SMARTS) is 2. The highest BCUT2D eigenvalue weighted by molar-refractivity contribution is 5.88. The SMILES string of the molecule is O=C(O)C(F)(F)F.O=C(O)c1cccc(OCC(O)CN2CCC(CC3(C(F)(F)F)N=N3)C2)c1. The zero-order valence-corrected chi connectivity index (χ0v) is 17.4. The van der Waals surface area contributed by atoms with Gasteiger partial charge in [-0.25, -0.2) is 9.59 Å². The number of nitrogens with zero attached hydrogens (tertiary/aromatic N) is 3. The molecule has 2 aliphatic rings. The molecule has 2 unspecified atom stereocenters. The third kappa shape index (κ3) is 7.83. The van der Waals surface area contributed by atoms with Crippen molar-refractivity contribution in [3.05, 3.63) is 29.8 Å². The van der Waals surface area contributed by atoms with Gasteiger partial charge in [-0.2, -0.15) is 26.3 Å². The number of hydrogen-bond acceptors (Lipinski definition) is 7. The van der Waals surface area contributed by atoms with Gasteiger partial charge in [-0.3, -0.25) is 0 Å². The molecule has 0 aromatic heterocycles. The van der Waals surface area contributed by atoms with Crippen LogP contribution in [0.25, 0.3) is 0 Å². The fraction of sp³-hybridized carbons (Fsp3) is 0.579. The average molecular weight is 501 g/mol. The summed E-state index contributed by atoms with van der Waals surface area (Å²) in [4.78, 5) is 21.7. The summed E-state index contributed by atoms with van der Waals surface area (Å²) in [5.41, 5.74) is -2.14. The van der Waals surface area contributed by atoms with Crippen LogP contribution in [0.2, 0.25) is 0 Å². The Morgan fingerprint density at radius 2 is 1.79 bits per heavy atom. The first-order valence-electron chi connectivity index (χ1n) is 9.80. The highest BCUT2D eigenvalue weighted by Crippen LogP contribution is 2.49. The van der Waals surface area contributed by atoms with Crippen LogP contribution in [-0.2, 0) is 4.79 Å².